The van der Waals surface area contributed by atoms with E-state index in [1.54, 1.807) is 24.8 Å². The minimum absolute atomic E-state index is 0.149. The third-order valence-electron chi connectivity index (χ3n) is 6.41. The molecule has 35 heavy (non-hydrogen) atoms. The Balaban J connectivity index is 1.77. The van der Waals surface area contributed by atoms with Gasteiger partial charge in [0.2, 0.25) is 0 Å². The number of esters is 1. The highest BCUT2D eigenvalue weighted by atomic mass is 32.2. The van der Waals surface area contributed by atoms with Crippen LogP contribution in [-0.4, -0.2) is 65.6 Å². The molecule has 2 aliphatic heterocycles. The van der Waals surface area contributed by atoms with Crippen molar-refractivity contribution in [1.82, 2.24) is 9.47 Å². The summed E-state index contributed by atoms with van der Waals surface area (Å²) < 4.78 is 12.4. The molecule has 0 saturated carbocycles. The minimum Gasteiger partial charge on any atom is -0.466 e. The van der Waals surface area contributed by atoms with E-state index in [1.165, 1.54) is 16.7 Å². The fourth-order valence-electron chi connectivity index (χ4n) is 4.58. The van der Waals surface area contributed by atoms with Crippen molar-refractivity contribution < 1.29 is 19.1 Å². The maximum absolute atomic E-state index is 13.6. The lowest BCUT2D eigenvalue weighted by molar-refractivity contribution is -0.148. The molecule has 0 N–H and O–H groups in total. The second kappa shape index (κ2) is 10.9. The molecular formula is C25H29N3O5S2. The van der Waals surface area contributed by atoms with Crippen LogP contribution in [0.15, 0.2) is 34.0 Å². The molecule has 0 atom stereocenters. The summed E-state index contributed by atoms with van der Waals surface area (Å²) in [6, 6.07) is 7.75. The van der Waals surface area contributed by atoms with Gasteiger partial charge < -0.3 is 18.9 Å². The summed E-state index contributed by atoms with van der Waals surface area (Å²) >= 11 is 6.61. The standard InChI is InChI=1S/C25H29N3O5S2/c1-4-33-24(31)16-9-11-27(12-10-16)21-17-7-5-6-8-19(17)26(2)22(29)18(21)15-20-23(30)28(13-14-32-3)25(34)35-20/h5-8,15-16H,4,9-14H2,1-3H3. The number of anilines is 1. The zero-order valence-corrected chi connectivity index (χ0v) is 21.7. The maximum Gasteiger partial charge on any atom is 0.309 e. The number of thiocarbonyl (C=S) groups is 1. The molecule has 0 bridgehead atoms. The van der Waals surface area contributed by atoms with Crippen LogP contribution in [-0.2, 0) is 26.1 Å². The summed E-state index contributed by atoms with van der Waals surface area (Å²) in [5, 5.41) is 0.922. The minimum atomic E-state index is -0.223. The highest BCUT2D eigenvalue weighted by Gasteiger charge is 2.33. The van der Waals surface area contributed by atoms with Crippen LogP contribution in [0.25, 0.3) is 17.0 Å². The van der Waals surface area contributed by atoms with Gasteiger partial charge in [-0.25, -0.2) is 0 Å². The van der Waals surface area contributed by atoms with Gasteiger partial charge in [-0.1, -0.05) is 42.2 Å². The van der Waals surface area contributed by atoms with Crippen molar-refractivity contribution in [2.24, 2.45) is 13.0 Å². The van der Waals surface area contributed by atoms with Gasteiger partial charge in [-0.15, -0.1) is 0 Å². The van der Waals surface area contributed by atoms with Gasteiger partial charge in [-0.05, 0) is 31.9 Å². The molecule has 2 fully saturated rings. The Morgan fingerprint density at radius 2 is 1.94 bits per heavy atom. The van der Waals surface area contributed by atoms with Crippen molar-refractivity contribution in [3.8, 4) is 0 Å². The number of hydrogen-bond acceptors (Lipinski definition) is 8. The van der Waals surface area contributed by atoms with Crippen LogP contribution in [0.4, 0.5) is 5.69 Å². The number of piperidine rings is 1. The van der Waals surface area contributed by atoms with Crippen LogP contribution >= 0.6 is 24.0 Å². The predicted octanol–water partition coefficient (Wildman–Crippen LogP) is 3.17. The lowest BCUT2D eigenvalue weighted by Gasteiger charge is -2.34. The van der Waals surface area contributed by atoms with Crippen molar-refractivity contribution in [3.63, 3.8) is 0 Å². The predicted molar refractivity (Wildman–Crippen MR) is 143 cm³/mol. The third kappa shape index (κ3) is 5.00. The van der Waals surface area contributed by atoms with Crippen LogP contribution < -0.4 is 10.5 Å². The van der Waals surface area contributed by atoms with Crippen molar-refractivity contribution >= 4 is 62.8 Å². The van der Waals surface area contributed by atoms with Crippen molar-refractivity contribution in [1.29, 1.82) is 0 Å². The SMILES string of the molecule is CCOC(=O)C1CCN(c2c(C=C3SC(=S)N(CCOC)C3=O)c(=O)n(C)c3ccccc23)CC1. The second-order valence-corrected chi connectivity index (χ2v) is 10.2. The van der Waals surface area contributed by atoms with E-state index in [-0.39, 0.29) is 23.4 Å². The Hall–Kier alpha value is -2.69. The van der Waals surface area contributed by atoms with Crippen LogP contribution in [0.1, 0.15) is 25.3 Å². The van der Waals surface area contributed by atoms with Gasteiger partial charge in [0, 0.05) is 32.6 Å². The Labute approximate surface area is 213 Å². The van der Waals surface area contributed by atoms with Gasteiger partial charge in [0.05, 0.1) is 47.3 Å². The molecule has 2 aliphatic rings. The number of fused-ring (bicyclic) bond motifs is 1. The van der Waals surface area contributed by atoms with Crippen LogP contribution in [0.3, 0.4) is 0 Å². The number of para-hydroxylation sites is 1. The zero-order chi connectivity index (χ0) is 25.1. The van der Waals surface area contributed by atoms with E-state index in [4.69, 9.17) is 21.7 Å². The number of methoxy groups -OCH3 is 1. The number of benzene rings is 1. The molecule has 2 aromatic rings. The van der Waals surface area contributed by atoms with Crippen LogP contribution in [0.2, 0.25) is 0 Å². The average Bonchev–Trinajstić information content (AvgIpc) is 3.13. The molecule has 1 aromatic heterocycles. The average molecular weight is 516 g/mol. The number of rotatable bonds is 7. The maximum atomic E-state index is 13.6. The number of pyridine rings is 1. The number of carbonyl (C=O) groups excluding carboxylic acids is 2. The molecule has 10 heteroatoms. The van der Waals surface area contributed by atoms with Gasteiger partial charge >= 0.3 is 5.97 Å². The molecule has 4 rings (SSSR count). The van der Waals surface area contributed by atoms with Gasteiger partial charge in [0.25, 0.3) is 11.5 Å². The number of thioether (sulfide) groups is 1. The van der Waals surface area contributed by atoms with E-state index in [0.29, 0.717) is 60.5 Å². The van der Waals surface area contributed by atoms with E-state index in [9.17, 15) is 14.4 Å². The third-order valence-corrected chi connectivity index (χ3v) is 7.79. The highest BCUT2D eigenvalue weighted by molar-refractivity contribution is 8.26. The van der Waals surface area contributed by atoms with Gasteiger partial charge in [-0.3, -0.25) is 19.3 Å². The summed E-state index contributed by atoms with van der Waals surface area (Å²) in [5.74, 6) is -0.537. The largest absolute Gasteiger partial charge is 0.466 e. The smallest absolute Gasteiger partial charge is 0.309 e. The normalized spacial score (nSPS) is 18.2. The molecule has 8 nitrogen and oxygen atoms in total. The van der Waals surface area contributed by atoms with E-state index in [0.717, 1.165) is 16.6 Å². The fourth-order valence-corrected chi connectivity index (χ4v) is 5.87. The van der Waals surface area contributed by atoms with E-state index < -0.39 is 0 Å². The Kier molecular flexibility index (Phi) is 7.93. The van der Waals surface area contributed by atoms with Crippen molar-refractivity contribution in [2.75, 3.05) is 44.9 Å². The quantitative estimate of drug-likeness (QED) is 0.316. The first-order valence-corrected chi connectivity index (χ1v) is 12.9. The van der Waals surface area contributed by atoms with E-state index in [1.807, 2.05) is 31.2 Å². The number of amides is 1. The van der Waals surface area contributed by atoms with Crippen molar-refractivity contribution in [3.05, 3.63) is 45.1 Å². The summed E-state index contributed by atoms with van der Waals surface area (Å²) in [5.41, 5.74) is 1.86. The first-order valence-electron chi connectivity index (χ1n) is 11.6. The topological polar surface area (TPSA) is 81.1 Å². The van der Waals surface area contributed by atoms with Crippen molar-refractivity contribution in [2.45, 2.75) is 19.8 Å². The number of nitrogens with zero attached hydrogens (tertiary/aromatic N) is 3. The molecule has 0 spiro atoms. The van der Waals surface area contributed by atoms with Crippen LogP contribution in [0, 0.1) is 5.92 Å². The number of hydrogen-bond donors (Lipinski definition) is 0. The summed E-state index contributed by atoms with van der Waals surface area (Å²) in [7, 11) is 3.31. The van der Waals surface area contributed by atoms with Crippen LogP contribution in [0.5, 0.6) is 0 Å². The molecule has 1 aromatic carbocycles. The number of carbonyl (C=O) groups is 2. The van der Waals surface area contributed by atoms with Gasteiger partial charge in [0.1, 0.15) is 4.32 Å². The Bertz CT molecular complexity index is 1250. The summed E-state index contributed by atoms with van der Waals surface area (Å²) in [6.45, 7) is 4.13. The van der Waals surface area contributed by atoms with Gasteiger partial charge in [0.15, 0.2) is 0 Å². The molecular weight excluding hydrogens is 486 g/mol. The lowest BCUT2D eigenvalue weighted by atomic mass is 9.95. The van der Waals surface area contributed by atoms with E-state index in [2.05, 4.69) is 4.90 Å². The first-order chi connectivity index (χ1) is 16.9. The summed E-state index contributed by atoms with van der Waals surface area (Å²) in [6.07, 6.45) is 2.95. The first kappa shape index (κ1) is 25.4. The number of ether oxygens (including phenoxy) is 2. The monoisotopic (exact) mass is 515 g/mol. The molecule has 0 aliphatic carbocycles. The zero-order valence-electron chi connectivity index (χ0n) is 20.1. The Morgan fingerprint density at radius 1 is 1.23 bits per heavy atom. The fraction of sp³-hybridized carbons (Fsp3) is 0.440. The molecule has 0 unspecified atom stereocenters. The Morgan fingerprint density at radius 3 is 2.63 bits per heavy atom. The highest BCUT2D eigenvalue weighted by Crippen LogP contribution is 2.37. The molecule has 3 heterocycles. The second-order valence-electron chi connectivity index (χ2n) is 8.48. The van der Waals surface area contributed by atoms with Gasteiger partial charge in [-0.2, -0.15) is 0 Å². The molecule has 2 saturated heterocycles. The number of aromatic nitrogens is 1. The molecule has 1 amide bonds. The molecule has 0 radical (unpaired) electrons. The van der Waals surface area contributed by atoms with E-state index >= 15 is 0 Å². The number of aryl methyl sites for hydroxylation is 1. The lowest BCUT2D eigenvalue weighted by Crippen LogP contribution is -2.38. The molecule has 186 valence electrons. The summed E-state index contributed by atoms with van der Waals surface area (Å²) in [4.78, 5) is 43.0.